The monoisotopic (exact) mass is 612 g/mol. The first kappa shape index (κ1) is 29.2. The third-order valence-corrected chi connectivity index (χ3v) is 10.3. The first-order chi connectivity index (χ1) is 20.5. The number of halogens is 3. The highest BCUT2D eigenvalue weighted by molar-refractivity contribution is 7.91. The molecule has 2 saturated carbocycles. The molecule has 2 aromatic heterocycles. The van der Waals surface area contributed by atoms with Crippen molar-refractivity contribution in [1.82, 2.24) is 15.2 Å². The van der Waals surface area contributed by atoms with Crippen LogP contribution in [0.15, 0.2) is 82.6 Å². The minimum absolute atomic E-state index is 0.119. The summed E-state index contributed by atoms with van der Waals surface area (Å²) in [6.45, 7) is 0. The maximum atomic E-state index is 13.5. The number of aromatic amines is 1. The highest BCUT2D eigenvalue weighted by Crippen LogP contribution is 2.63. The van der Waals surface area contributed by atoms with Crippen LogP contribution in [0.4, 0.5) is 24.8 Å². The molecule has 2 aliphatic rings. The molecule has 3 N–H and O–H groups in total. The van der Waals surface area contributed by atoms with E-state index < -0.39 is 16.2 Å². The van der Waals surface area contributed by atoms with Crippen LogP contribution in [-0.2, 0) is 16.3 Å². The average molecular weight is 613 g/mol. The van der Waals surface area contributed by atoms with E-state index in [-0.39, 0.29) is 21.6 Å². The normalized spacial score (nSPS) is 22.0. The quantitative estimate of drug-likeness (QED) is 0.190. The van der Waals surface area contributed by atoms with Gasteiger partial charge in [-0.15, -0.1) is 13.2 Å². The summed E-state index contributed by atoms with van der Waals surface area (Å²) in [6.07, 6.45) is 1.38. The number of hydrogen-bond acceptors (Lipinski definition) is 7. The van der Waals surface area contributed by atoms with Gasteiger partial charge >= 0.3 is 6.36 Å². The largest absolute Gasteiger partial charge is 0.573 e. The van der Waals surface area contributed by atoms with Gasteiger partial charge in [0.15, 0.2) is 5.82 Å². The van der Waals surface area contributed by atoms with Crippen molar-refractivity contribution in [2.45, 2.75) is 67.2 Å². The van der Waals surface area contributed by atoms with Crippen molar-refractivity contribution >= 4 is 21.5 Å². The van der Waals surface area contributed by atoms with Crippen LogP contribution in [-0.4, -0.2) is 41.2 Å². The summed E-state index contributed by atoms with van der Waals surface area (Å²) in [4.78, 5) is 5.02. The molecular formula is C31H31F3N4O4S. The van der Waals surface area contributed by atoms with Gasteiger partial charge in [0.1, 0.15) is 11.6 Å². The van der Waals surface area contributed by atoms with Gasteiger partial charge < -0.3 is 15.2 Å². The third-order valence-electron chi connectivity index (χ3n) is 8.51. The number of nitrogens with zero attached hydrogens (tertiary/aromatic N) is 2. The lowest BCUT2D eigenvalue weighted by Crippen LogP contribution is -2.20. The molecule has 6 rings (SSSR count). The Kier molecular flexibility index (Phi) is 7.67. The minimum atomic E-state index is -4.78. The van der Waals surface area contributed by atoms with Gasteiger partial charge in [0, 0.05) is 11.8 Å². The molecule has 1 atom stereocenters. The summed E-state index contributed by atoms with van der Waals surface area (Å²) >= 11 is 0. The zero-order chi connectivity index (χ0) is 30.2. The summed E-state index contributed by atoms with van der Waals surface area (Å²) in [5, 5.41) is 20.1. The van der Waals surface area contributed by atoms with Gasteiger partial charge in [-0.1, -0.05) is 18.2 Å². The van der Waals surface area contributed by atoms with Gasteiger partial charge in [-0.05, 0) is 110 Å². The minimum Gasteiger partial charge on any atom is -0.406 e. The first-order valence-electron chi connectivity index (χ1n) is 14.2. The van der Waals surface area contributed by atoms with Gasteiger partial charge in [-0.2, -0.15) is 5.10 Å². The molecular weight excluding hydrogens is 581 g/mol. The number of alkyl halides is 3. The second-order valence-electron chi connectivity index (χ2n) is 11.4. The fourth-order valence-corrected chi connectivity index (χ4v) is 7.44. The zero-order valence-electron chi connectivity index (χ0n) is 23.1. The van der Waals surface area contributed by atoms with E-state index in [0.717, 1.165) is 38.5 Å². The zero-order valence-corrected chi connectivity index (χ0v) is 24.0. The second kappa shape index (κ2) is 11.3. The molecule has 2 aliphatic carbocycles. The van der Waals surface area contributed by atoms with Gasteiger partial charge in [-0.3, -0.25) is 5.10 Å². The molecule has 2 fully saturated rings. The van der Waals surface area contributed by atoms with E-state index in [2.05, 4.69) is 20.3 Å². The molecule has 226 valence electrons. The fourth-order valence-electron chi connectivity index (χ4n) is 6.10. The van der Waals surface area contributed by atoms with E-state index in [0.29, 0.717) is 46.3 Å². The number of ether oxygens (including phenoxy) is 1. The van der Waals surface area contributed by atoms with Crippen LogP contribution in [0.3, 0.4) is 0 Å². The standard InChI is InChI=1S/C31H31F3N4O4S/c32-31(33,34)42-24-10-6-20(7-11-24)27-18-29(38-37-27)36-28-17-26(43(40,41)25-4-2-1-3-5-25)16-22(35-28)9-8-21-19-30(21)14-12-23(39)13-15-30/h1-7,10-11,16-18,21,23,39H,8-9,12-15,19H2,(H2,35,36,37,38)/t21-,23?,30?/m0/s1. The molecule has 0 aliphatic heterocycles. The molecule has 12 heteroatoms. The van der Waals surface area contributed by atoms with Crippen LogP contribution < -0.4 is 10.1 Å². The molecule has 2 aromatic carbocycles. The van der Waals surface area contributed by atoms with Gasteiger partial charge in [-0.25, -0.2) is 13.4 Å². The van der Waals surface area contributed by atoms with Crippen LogP contribution in [0.2, 0.25) is 0 Å². The molecule has 0 unspecified atom stereocenters. The highest BCUT2D eigenvalue weighted by Gasteiger charge is 2.53. The number of pyridine rings is 1. The lowest BCUT2D eigenvalue weighted by Gasteiger charge is -2.26. The number of benzene rings is 2. The maximum absolute atomic E-state index is 13.5. The van der Waals surface area contributed by atoms with E-state index in [1.54, 1.807) is 42.5 Å². The number of aryl methyl sites for hydroxylation is 1. The van der Waals surface area contributed by atoms with E-state index in [4.69, 9.17) is 4.98 Å². The van der Waals surface area contributed by atoms with Crippen LogP contribution >= 0.6 is 0 Å². The van der Waals surface area contributed by atoms with E-state index >= 15 is 0 Å². The number of nitrogens with one attached hydrogen (secondary N) is 2. The number of aromatic nitrogens is 3. The number of H-pyrrole nitrogens is 1. The number of rotatable bonds is 9. The lowest BCUT2D eigenvalue weighted by atomic mass is 9.82. The molecule has 43 heavy (non-hydrogen) atoms. The number of sulfone groups is 1. The number of aliphatic hydroxyl groups excluding tert-OH is 1. The number of aliphatic hydroxyl groups is 1. The van der Waals surface area contributed by atoms with Crippen LogP contribution in [0.1, 0.15) is 44.2 Å². The van der Waals surface area contributed by atoms with Gasteiger partial charge in [0.05, 0.1) is 21.6 Å². The average Bonchev–Trinajstić information content (AvgIpc) is 3.44. The predicted octanol–water partition coefficient (Wildman–Crippen LogP) is 6.82. The molecule has 0 amide bonds. The third kappa shape index (κ3) is 6.70. The molecule has 2 heterocycles. The number of hydrogen-bond donors (Lipinski definition) is 3. The Balaban J connectivity index is 1.22. The smallest absolute Gasteiger partial charge is 0.406 e. The Bertz CT molecular complexity index is 1680. The van der Waals surface area contributed by atoms with Gasteiger partial charge in [0.25, 0.3) is 0 Å². The summed E-state index contributed by atoms with van der Waals surface area (Å²) in [5.41, 5.74) is 2.06. The molecule has 0 radical (unpaired) electrons. The molecule has 0 saturated heterocycles. The van der Waals surface area contributed by atoms with E-state index in [9.17, 15) is 26.7 Å². The van der Waals surface area contributed by atoms with Crippen LogP contribution in [0, 0.1) is 11.3 Å². The summed E-state index contributed by atoms with van der Waals surface area (Å²) in [5.74, 6) is 0.875. The topological polar surface area (TPSA) is 117 Å². The first-order valence-corrected chi connectivity index (χ1v) is 15.7. The van der Waals surface area contributed by atoms with Crippen LogP contribution in [0.5, 0.6) is 5.75 Å². The Hall–Kier alpha value is -3.90. The molecule has 1 spiro atoms. The van der Waals surface area contributed by atoms with Crippen molar-refractivity contribution in [3.05, 3.63) is 78.5 Å². The highest BCUT2D eigenvalue weighted by atomic mass is 32.2. The Morgan fingerprint density at radius 1 is 0.977 bits per heavy atom. The molecule has 0 bridgehead atoms. The van der Waals surface area contributed by atoms with Crippen molar-refractivity contribution in [3.63, 3.8) is 0 Å². The Labute approximate surface area is 247 Å². The van der Waals surface area contributed by atoms with Crippen molar-refractivity contribution in [2.75, 3.05) is 5.32 Å². The maximum Gasteiger partial charge on any atom is 0.573 e. The molecule has 8 nitrogen and oxygen atoms in total. The van der Waals surface area contributed by atoms with Crippen molar-refractivity contribution in [1.29, 1.82) is 0 Å². The van der Waals surface area contributed by atoms with Crippen molar-refractivity contribution in [2.24, 2.45) is 11.3 Å². The van der Waals surface area contributed by atoms with E-state index in [1.807, 2.05) is 0 Å². The predicted molar refractivity (Wildman–Crippen MR) is 153 cm³/mol. The van der Waals surface area contributed by atoms with Crippen molar-refractivity contribution < 1.29 is 31.4 Å². The van der Waals surface area contributed by atoms with E-state index in [1.165, 1.54) is 30.3 Å². The summed E-state index contributed by atoms with van der Waals surface area (Å²) < 4.78 is 68.5. The summed E-state index contributed by atoms with van der Waals surface area (Å²) in [7, 11) is -3.82. The second-order valence-corrected chi connectivity index (χ2v) is 13.3. The molecule has 4 aromatic rings. The fraction of sp³-hybridized carbons (Fsp3) is 0.355. The van der Waals surface area contributed by atoms with Crippen molar-refractivity contribution in [3.8, 4) is 17.0 Å². The van der Waals surface area contributed by atoms with Crippen LogP contribution in [0.25, 0.3) is 11.3 Å². The van der Waals surface area contributed by atoms with Gasteiger partial charge in [0.2, 0.25) is 9.84 Å². The summed E-state index contributed by atoms with van der Waals surface area (Å²) in [6, 6.07) is 18.3. The lowest BCUT2D eigenvalue weighted by molar-refractivity contribution is -0.274. The Morgan fingerprint density at radius 3 is 2.40 bits per heavy atom. The number of anilines is 2. The Morgan fingerprint density at radius 2 is 1.70 bits per heavy atom. The SMILES string of the molecule is O=S(=O)(c1ccccc1)c1cc(CC[C@H]2CC23CCC(O)CC3)nc(Nc2cc(-c3ccc(OC(F)(F)F)cc3)[nH]n2)c1.